The number of hydrazine groups is 2. The number of urea groups is 1. The predicted octanol–water partition coefficient (Wildman–Crippen LogP) is 2.60. The lowest BCUT2D eigenvalue weighted by Gasteiger charge is -2.28. The molecule has 7 heteroatoms. The van der Waals surface area contributed by atoms with Gasteiger partial charge in [0.15, 0.2) is 0 Å². The molecular formula is C19H27N5O2. The minimum Gasteiger partial charge on any atom is -0.274 e. The monoisotopic (exact) mass is 357 g/mol. The van der Waals surface area contributed by atoms with E-state index < -0.39 is 6.03 Å². The summed E-state index contributed by atoms with van der Waals surface area (Å²) < 4.78 is 0. The number of hydrogen-bond acceptors (Lipinski definition) is 5. The van der Waals surface area contributed by atoms with Crippen LogP contribution in [0.5, 0.6) is 0 Å². The number of aryl methyl sites for hydroxylation is 2. The van der Waals surface area contributed by atoms with Gasteiger partial charge in [-0.15, -0.1) is 0 Å². The first-order valence-corrected chi connectivity index (χ1v) is 8.49. The van der Waals surface area contributed by atoms with Gasteiger partial charge in [-0.25, -0.2) is 21.5 Å². The molecule has 2 amide bonds. The number of nitrogens with two attached hydrogens (primary N) is 2. The summed E-state index contributed by atoms with van der Waals surface area (Å²) in [6, 6.07) is 15.3. The molecule has 26 heavy (non-hydrogen) atoms. The molecule has 0 saturated carbocycles. The first kappa shape index (κ1) is 19.7. The van der Waals surface area contributed by atoms with Crippen LogP contribution in [0.15, 0.2) is 48.5 Å². The average Bonchev–Trinajstić information content (AvgIpc) is 2.64. The Morgan fingerprint density at radius 2 is 1.73 bits per heavy atom. The number of benzene rings is 2. The number of carbonyl (C=O) groups excluding carboxylic acids is 1. The summed E-state index contributed by atoms with van der Waals surface area (Å²) >= 11 is 0. The van der Waals surface area contributed by atoms with E-state index in [0.29, 0.717) is 12.3 Å². The van der Waals surface area contributed by atoms with Crippen molar-refractivity contribution in [2.45, 2.75) is 19.8 Å². The first-order valence-electron chi connectivity index (χ1n) is 8.49. The van der Waals surface area contributed by atoms with Crippen molar-refractivity contribution in [2.75, 3.05) is 30.8 Å². The molecule has 2 aromatic carbocycles. The predicted molar refractivity (Wildman–Crippen MR) is 104 cm³/mol. The minimum absolute atomic E-state index is 0.519. The van der Waals surface area contributed by atoms with Crippen molar-refractivity contribution >= 4 is 17.4 Å². The molecule has 7 nitrogen and oxygen atoms in total. The Labute approximate surface area is 154 Å². The Balaban J connectivity index is 2.03. The van der Waals surface area contributed by atoms with E-state index in [1.54, 1.807) is 18.2 Å². The van der Waals surface area contributed by atoms with Gasteiger partial charge in [0.1, 0.15) is 0 Å². The van der Waals surface area contributed by atoms with E-state index >= 15 is 0 Å². The minimum atomic E-state index is -0.519. The largest absolute Gasteiger partial charge is 0.352 e. The van der Waals surface area contributed by atoms with E-state index in [9.17, 15) is 4.79 Å². The highest BCUT2D eigenvalue weighted by atomic mass is 16.7. The molecule has 0 atom stereocenters. The topological polar surface area (TPSA) is 88.1 Å². The van der Waals surface area contributed by atoms with Crippen LogP contribution in [0.2, 0.25) is 0 Å². The van der Waals surface area contributed by atoms with Crippen molar-refractivity contribution in [3.8, 4) is 0 Å². The van der Waals surface area contributed by atoms with Crippen LogP contribution in [-0.2, 0) is 11.3 Å². The molecule has 0 saturated heterocycles. The summed E-state index contributed by atoms with van der Waals surface area (Å²) in [5.41, 5.74) is 3.47. The second kappa shape index (κ2) is 9.19. The molecule has 2 rings (SSSR count). The quantitative estimate of drug-likeness (QED) is 0.344. The van der Waals surface area contributed by atoms with Gasteiger partial charge in [-0.05, 0) is 37.0 Å². The number of nitrogens with zero attached hydrogens (tertiary/aromatic N) is 3. The zero-order valence-electron chi connectivity index (χ0n) is 15.6. The highest BCUT2D eigenvalue weighted by molar-refractivity contribution is 5.94. The molecule has 0 aliphatic heterocycles. The van der Waals surface area contributed by atoms with Gasteiger partial charge < -0.3 is 0 Å². The Bertz CT molecular complexity index is 721. The van der Waals surface area contributed by atoms with Crippen LogP contribution in [0.3, 0.4) is 0 Å². The number of hydroxylamine groups is 1. The summed E-state index contributed by atoms with van der Waals surface area (Å²) in [6.07, 6.45) is 1.82. The van der Waals surface area contributed by atoms with Gasteiger partial charge in [0, 0.05) is 14.1 Å². The van der Waals surface area contributed by atoms with Crippen molar-refractivity contribution < 1.29 is 9.63 Å². The van der Waals surface area contributed by atoms with Gasteiger partial charge in [0.25, 0.3) is 0 Å². The van der Waals surface area contributed by atoms with Crippen LogP contribution in [0.4, 0.5) is 16.2 Å². The van der Waals surface area contributed by atoms with Crippen LogP contribution in [0.25, 0.3) is 0 Å². The Morgan fingerprint density at radius 1 is 1.04 bits per heavy atom. The van der Waals surface area contributed by atoms with E-state index in [-0.39, 0.29) is 0 Å². The molecule has 140 valence electrons. The number of rotatable bonds is 7. The lowest BCUT2D eigenvalue weighted by Crippen LogP contribution is -2.49. The fourth-order valence-corrected chi connectivity index (χ4v) is 2.71. The number of amides is 2. The highest BCUT2D eigenvalue weighted by Gasteiger charge is 2.21. The molecular weight excluding hydrogens is 330 g/mol. The van der Waals surface area contributed by atoms with E-state index in [1.807, 2.05) is 37.3 Å². The molecule has 0 aliphatic rings. The second-order valence-corrected chi connectivity index (χ2v) is 6.13. The Morgan fingerprint density at radius 3 is 2.38 bits per heavy atom. The van der Waals surface area contributed by atoms with Gasteiger partial charge in [-0.2, -0.15) is 0 Å². The van der Waals surface area contributed by atoms with Crippen LogP contribution in [-0.4, -0.2) is 31.7 Å². The van der Waals surface area contributed by atoms with Crippen LogP contribution in [0.1, 0.15) is 17.5 Å². The highest BCUT2D eigenvalue weighted by Crippen LogP contribution is 2.31. The smallest absolute Gasteiger partial charge is 0.274 e. The van der Waals surface area contributed by atoms with Gasteiger partial charge in [0.05, 0.1) is 18.0 Å². The van der Waals surface area contributed by atoms with Crippen LogP contribution < -0.4 is 21.8 Å². The number of para-hydroxylation sites is 1. The van der Waals surface area contributed by atoms with E-state index in [1.165, 1.54) is 12.6 Å². The van der Waals surface area contributed by atoms with Crippen molar-refractivity contribution in [3.63, 3.8) is 0 Å². The van der Waals surface area contributed by atoms with Crippen molar-refractivity contribution in [1.29, 1.82) is 0 Å². The molecule has 0 spiro atoms. The molecule has 0 radical (unpaired) electrons. The molecule has 0 bridgehead atoms. The first-order chi connectivity index (χ1) is 12.4. The fraction of sp³-hybridized carbons (Fsp3) is 0.316. The number of carbonyl (C=O) groups is 1. The summed E-state index contributed by atoms with van der Waals surface area (Å²) in [4.78, 5) is 17.9. The average molecular weight is 357 g/mol. The third-order valence-corrected chi connectivity index (χ3v) is 4.04. The SMILES string of the molecule is Cc1cccc(N(N)C(=O)N(C)N)c1N(C)OCCCc1ccccc1. The van der Waals surface area contributed by atoms with E-state index in [4.69, 9.17) is 16.5 Å². The van der Waals surface area contributed by atoms with Crippen molar-refractivity contribution in [1.82, 2.24) is 5.01 Å². The molecule has 4 N–H and O–H groups in total. The second-order valence-electron chi connectivity index (χ2n) is 6.13. The Hall–Kier alpha value is -2.61. The summed E-state index contributed by atoms with van der Waals surface area (Å²) in [7, 11) is 3.25. The zero-order valence-corrected chi connectivity index (χ0v) is 15.6. The summed E-state index contributed by atoms with van der Waals surface area (Å²) in [5, 5.41) is 3.61. The molecule has 0 heterocycles. The van der Waals surface area contributed by atoms with E-state index in [2.05, 4.69) is 12.1 Å². The van der Waals surface area contributed by atoms with Crippen molar-refractivity contribution in [3.05, 3.63) is 59.7 Å². The van der Waals surface area contributed by atoms with Crippen molar-refractivity contribution in [2.24, 2.45) is 11.7 Å². The normalized spacial score (nSPS) is 10.5. The lowest BCUT2D eigenvalue weighted by atomic mass is 10.1. The maximum Gasteiger partial charge on any atom is 0.352 e. The molecule has 0 fully saturated rings. The standard InChI is InChI=1S/C19H27N5O2/c1-15-9-7-13-17(24(21)19(25)22(2)20)18(15)23(3)26-14-8-12-16-10-5-4-6-11-16/h4-7,9-11,13H,8,12,14,20-21H2,1-3H3. The van der Waals surface area contributed by atoms with Gasteiger partial charge in [-0.3, -0.25) is 14.9 Å². The van der Waals surface area contributed by atoms with Gasteiger partial charge in [-0.1, -0.05) is 42.5 Å². The summed E-state index contributed by atoms with van der Waals surface area (Å²) in [6.45, 7) is 2.49. The maximum atomic E-state index is 12.1. The summed E-state index contributed by atoms with van der Waals surface area (Å²) in [5.74, 6) is 11.5. The van der Waals surface area contributed by atoms with Crippen LogP contribution >= 0.6 is 0 Å². The fourth-order valence-electron chi connectivity index (χ4n) is 2.71. The van der Waals surface area contributed by atoms with E-state index in [0.717, 1.165) is 34.1 Å². The Kier molecular flexibility index (Phi) is 6.97. The zero-order chi connectivity index (χ0) is 19.1. The lowest BCUT2D eigenvalue weighted by molar-refractivity contribution is 0.119. The van der Waals surface area contributed by atoms with Gasteiger partial charge in [0.2, 0.25) is 0 Å². The van der Waals surface area contributed by atoms with Gasteiger partial charge >= 0.3 is 6.03 Å². The molecule has 0 aromatic heterocycles. The third kappa shape index (κ3) is 4.95. The van der Waals surface area contributed by atoms with Crippen LogP contribution in [0, 0.1) is 6.92 Å². The molecule has 0 unspecified atom stereocenters. The molecule has 2 aromatic rings. The molecule has 0 aliphatic carbocycles. The maximum absolute atomic E-state index is 12.1. The number of anilines is 2. The number of hydrogen-bond donors (Lipinski definition) is 2. The third-order valence-electron chi connectivity index (χ3n) is 4.04.